The Balaban J connectivity index is 2.19. The lowest BCUT2D eigenvalue weighted by Crippen LogP contribution is -2.20. The third kappa shape index (κ3) is 4.28. The summed E-state index contributed by atoms with van der Waals surface area (Å²) in [5.41, 5.74) is 0.770. The van der Waals surface area contributed by atoms with Crippen LogP contribution >= 0.6 is 34.8 Å². The Morgan fingerprint density at radius 2 is 1.61 bits per heavy atom. The molecule has 0 atom stereocenters. The van der Waals surface area contributed by atoms with Gasteiger partial charge >= 0.3 is 12.0 Å². The molecule has 2 aromatic rings. The average molecular weight is 374 g/mol. The second-order valence-electron chi connectivity index (χ2n) is 4.36. The number of anilines is 2. The normalized spacial score (nSPS) is 10.1. The fourth-order valence-corrected chi connectivity index (χ4v) is 2.41. The number of para-hydroxylation sites is 1. The van der Waals surface area contributed by atoms with Crippen LogP contribution in [0.15, 0.2) is 36.4 Å². The highest BCUT2D eigenvalue weighted by Crippen LogP contribution is 2.30. The van der Waals surface area contributed by atoms with Gasteiger partial charge in [-0.15, -0.1) is 0 Å². The van der Waals surface area contributed by atoms with E-state index in [9.17, 15) is 9.59 Å². The van der Waals surface area contributed by atoms with Crippen LogP contribution in [0.5, 0.6) is 0 Å². The molecular formula is C15H11Cl3N2O3. The first-order valence-electron chi connectivity index (χ1n) is 6.32. The minimum absolute atomic E-state index is 0.246. The second kappa shape index (κ2) is 7.55. The molecule has 2 rings (SSSR count). The summed E-state index contributed by atoms with van der Waals surface area (Å²) < 4.78 is 4.62. The number of methoxy groups -OCH3 is 1. The lowest BCUT2D eigenvalue weighted by Gasteiger charge is -2.12. The van der Waals surface area contributed by atoms with Crippen molar-refractivity contribution < 1.29 is 14.3 Å². The van der Waals surface area contributed by atoms with Crippen molar-refractivity contribution in [3.8, 4) is 0 Å². The number of hydrogen-bond donors (Lipinski definition) is 2. The summed E-state index contributed by atoms with van der Waals surface area (Å²) in [6.45, 7) is 0. The number of rotatable bonds is 3. The SMILES string of the molecule is COC(=O)c1ccc(Cl)c(NC(=O)Nc2c(Cl)cccc2Cl)c1. The Labute approximate surface area is 147 Å². The maximum absolute atomic E-state index is 12.1. The van der Waals surface area contributed by atoms with Crippen LogP contribution in [-0.4, -0.2) is 19.1 Å². The fourth-order valence-electron chi connectivity index (χ4n) is 1.75. The Bertz CT molecular complexity index is 745. The molecule has 0 unspecified atom stereocenters. The predicted octanol–water partition coefficient (Wildman–Crippen LogP) is 5.08. The zero-order valence-corrected chi connectivity index (χ0v) is 14.1. The number of esters is 1. The molecule has 0 aliphatic heterocycles. The monoisotopic (exact) mass is 372 g/mol. The molecule has 0 saturated carbocycles. The largest absolute Gasteiger partial charge is 0.465 e. The zero-order valence-electron chi connectivity index (χ0n) is 11.8. The Morgan fingerprint density at radius 1 is 0.957 bits per heavy atom. The number of benzene rings is 2. The minimum atomic E-state index is -0.607. The van der Waals surface area contributed by atoms with Crippen molar-refractivity contribution in [2.45, 2.75) is 0 Å². The van der Waals surface area contributed by atoms with Gasteiger partial charge in [0.05, 0.1) is 39.1 Å². The number of urea groups is 1. The number of carbonyl (C=O) groups excluding carboxylic acids is 2. The molecule has 8 heteroatoms. The average Bonchev–Trinajstić information content (AvgIpc) is 2.52. The molecule has 0 aliphatic rings. The first kappa shape index (κ1) is 17.4. The van der Waals surface area contributed by atoms with Gasteiger partial charge in [-0.25, -0.2) is 9.59 Å². The first-order chi connectivity index (χ1) is 10.9. The van der Waals surface area contributed by atoms with Crippen LogP contribution in [0, 0.1) is 0 Å². The predicted molar refractivity (Wildman–Crippen MR) is 91.9 cm³/mol. The van der Waals surface area contributed by atoms with Crippen LogP contribution in [0.4, 0.5) is 16.2 Å². The maximum atomic E-state index is 12.1. The van der Waals surface area contributed by atoms with E-state index in [1.807, 2.05) is 0 Å². The Morgan fingerprint density at radius 3 is 2.22 bits per heavy atom. The molecule has 0 fully saturated rings. The van der Waals surface area contributed by atoms with Crippen molar-refractivity contribution in [2.24, 2.45) is 0 Å². The molecule has 120 valence electrons. The number of ether oxygens (including phenoxy) is 1. The molecule has 2 N–H and O–H groups in total. The van der Waals surface area contributed by atoms with Crippen molar-refractivity contribution in [2.75, 3.05) is 17.7 Å². The molecule has 0 spiro atoms. The first-order valence-corrected chi connectivity index (χ1v) is 7.45. The number of halogens is 3. The van der Waals surface area contributed by atoms with Crippen molar-refractivity contribution in [1.82, 2.24) is 0 Å². The summed E-state index contributed by atoms with van der Waals surface area (Å²) in [5.74, 6) is -0.542. The van der Waals surface area contributed by atoms with E-state index in [0.717, 1.165) is 0 Å². The smallest absolute Gasteiger partial charge is 0.337 e. The van der Waals surface area contributed by atoms with Gasteiger partial charge in [0.1, 0.15) is 0 Å². The van der Waals surface area contributed by atoms with Crippen molar-refractivity contribution in [3.05, 3.63) is 57.0 Å². The maximum Gasteiger partial charge on any atom is 0.337 e. The van der Waals surface area contributed by atoms with E-state index in [1.54, 1.807) is 18.2 Å². The molecular weight excluding hydrogens is 363 g/mol. The number of carbonyl (C=O) groups is 2. The summed E-state index contributed by atoms with van der Waals surface area (Å²) in [4.78, 5) is 23.6. The summed E-state index contributed by atoms with van der Waals surface area (Å²) >= 11 is 18.0. The third-order valence-electron chi connectivity index (χ3n) is 2.84. The van der Waals surface area contributed by atoms with Crippen LogP contribution in [-0.2, 0) is 4.74 Å². The standard InChI is InChI=1S/C15H11Cl3N2O3/c1-23-14(21)8-5-6-9(16)12(7-8)19-15(22)20-13-10(17)3-2-4-11(13)18/h2-7H,1H3,(H2,19,20,22). The van der Waals surface area contributed by atoms with Gasteiger partial charge in [0, 0.05) is 0 Å². The molecule has 23 heavy (non-hydrogen) atoms. The van der Waals surface area contributed by atoms with Gasteiger partial charge in [0.25, 0.3) is 0 Å². The molecule has 5 nitrogen and oxygen atoms in total. The van der Waals surface area contributed by atoms with E-state index in [-0.39, 0.29) is 22.0 Å². The summed E-state index contributed by atoms with van der Waals surface area (Å²) in [6.07, 6.45) is 0. The molecule has 2 amide bonds. The van der Waals surface area contributed by atoms with Gasteiger partial charge in [0.2, 0.25) is 0 Å². The molecule has 0 heterocycles. The third-order valence-corrected chi connectivity index (χ3v) is 3.80. The lowest BCUT2D eigenvalue weighted by atomic mass is 10.2. The van der Waals surface area contributed by atoms with Gasteiger partial charge in [-0.1, -0.05) is 40.9 Å². The van der Waals surface area contributed by atoms with Crippen LogP contribution < -0.4 is 10.6 Å². The number of hydrogen-bond acceptors (Lipinski definition) is 3. The quantitative estimate of drug-likeness (QED) is 0.737. The molecule has 2 aromatic carbocycles. The van der Waals surface area contributed by atoms with E-state index < -0.39 is 12.0 Å². The van der Waals surface area contributed by atoms with E-state index in [1.165, 1.54) is 25.3 Å². The van der Waals surface area contributed by atoms with Crippen LogP contribution in [0.25, 0.3) is 0 Å². The van der Waals surface area contributed by atoms with Gasteiger partial charge < -0.3 is 15.4 Å². The Hall–Kier alpha value is -1.95. The van der Waals surface area contributed by atoms with Crippen molar-refractivity contribution >= 4 is 58.2 Å². The molecule has 0 radical (unpaired) electrons. The summed E-state index contributed by atoms with van der Waals surface area (Å²) in [6, 6.07) is 8.60. The zero-order chi connectivity index (χ0) is 17.0. The van der Waals surface area contributed by atoms with Crippen molar-refractivity contribution in [1.29, 1.82) is 0 Å². The molecule has 0 aliphatic carbocycles. The Kier molecular flexibility index (Phi) is 5.71. The van der Waals surface area contributed by atoms with Gasteiger partial charge in [-0.3, -0.25) is 0 Å². The van der Waals surface area contributed by atoms with Crippen LogP contribution in [0.1, 0.15) is 10.4 Å². The minimum Gasteiger partial charge on any atom is -0.465 e. The van der Waals surface area contributed by atoms with E-state index >= 15 is 0 Å². The van der Waals surface area contributed by atoms with Crippen molar-refractivity contribution in [3.63, 3.8) is 0 Å². The van der Waals surface area contributed by atoms with E-state index in [0.29, 0.717) is 10.0 Å². The summed E-state index contributed by atoms with van der Waals surface area (Å²) in [5, 5.41) is 5.90. The number of nitrogens with one attached hydrogen (secondary N) is 2. The highest BCUT2D eigenvalue weighted by molar-refractivity contribution is 6.40. The molecule has 0 saturated heterocycles. The van der Waals surface area contributed by atoms with Gasteiger partial charge in [-0.05, 0) is 30.3 Å². The van der Waals surface area contributed by atoms with Gasteiger partial charge in [-0.2, -0.15) is 0 Å². The molecule has 0 bridgehead atoms. The van der Waals surface area contributed by atoms with Crippen LogP contribution in [0.3, 0.4) is 0 Å². The fraction of sp³-hybridized carbons (Fsp3) is 0.0667. The van der Waals surface area contributed by atoms with E-state index in [2.05, 4.69) is 15.4 Å². The van der Waals surface area contributed by atoms with Crippen LogP contribution in [0.2, 0.25) is 15.1 Å². The molecule has 0 aromatic heterocycles. The number of amides is 2. The highest BCUT2D eigenvalue weighted by atomic mass is 35.5. The topological polar surface area (TPSA) is 67.4 Å². The highest BCUT2D eigenvalue weighted by Gasteiger charge is 2.13. The van der Waals surface area contributed by atoms with E-state index in [4.69, 9.17) is 34.8 Å². The second-order valence-corrected chi connectivity index (χ2v) is 5.58. The summed E-state index contributed by atoms with van der Waals surface area (Å²) in [7, 11) is 1.26. The lowest BCUT2D eigenvalue weighted by molar-refractivity contribution is 0.0600. The van der Waals surface area contributed by atoms with Gasteiger partial charge in [0.15, 0.2) is 0 Å².